The van der Waals surface area contributed by atoms with Gasteiger partial charge in [0.25, 0.3) is 11.9 Å². The summed E-state index contributed by atoms with van der Waals surface area (Å²) in [5.41, 5.74) is 0.0711. The molecular weight excluding hydrogens is 238 g/mol. The lowest BCUT2D eigenvalue weighted by Gasteiger charge is -2.06. The molecule has 0 spiro atoms. The Morgan fingerprint density at radius 2 is 2.28 bits per heavy atom. The first-order valence-electron chi connectivity index (χ1n) is 5.02. The fraction of sp³-hybridized carbons (Fsp3) is 0.200. The number of nitrogens with one attached hydrogen (secondary N) is 1. The summed E-state index contributed by atoms with van der Waals surface area (Å²) in [5.74, 6) is -0.175. The maximum absolute atomic E-state index is 11.9. The van der Waals surface area contributed by atoms with Crippen molar-refractivity contribution in [1.82, 2.24) is 20.2 Å². The first kappa shape index (κ1) is 11.8. The second kappa shape index (κ2) is 4.70. The summed E-state index contributed by atoms with van der Waals surface area (Å²) in [6, 6.07) is 4.34. The van der Waals surface area contributed by atoms with Crippen LogP contribution >= 0.6 is 0 Å². The van der Waals surface area contributed by atoms with Crippen molar-refractivity contribution in [2.75, 3.05) is 12.4 Å². The minimum atomic E-state index is -0.542. The van der Waals surface area contributed by atoms with Crippen LogP contribution in [-0.4, -0.2) is 38.3 Å². The maximum atomic E-state index is 11.9. The number of tetrazole rings is 1. The van der Waals surface area contributed by atoms with Gasteiger partial charge in [0, 0.05) is 0 Å². The van der Waals surface area contributed by atoms with E-state index in [2.05, 4.69) is 20.7 Å². The van der Waals surface area contributed by atoms with Gasteiger partial charge < -0.3 is 9.84 Å². The van der Waals surface area contributed by atoms with Gasteiger partial charge in [-0.3, -0.25) is 10.1 Å². The number of hydrogen-bond acceptors (Lipinski definition) is 6. The van der Waals surface area contributed by atoms with E-state index in [1.807, 2.05) is 0 Å². The summed E-state index contributed by atoms with van der Waals surface area (Å²) in [6.45, 7) is 0. The molecule has 94 valence electrons. The van der Waals surface area contributed by atoms with Gasteiger partial charge in [-0.15, -0.1) is 5.10 Å². The van der Waals surface area contributed by atoms with Crippen molar-refractivity contribution >= 4 is 11.9 Å². The van der Waals surface area contributed by atoms with Gasteiger partial charge in [-0.1, -0.05) is 5.10 Å². The van der Waals surface area contributed by atoms with Crippen molar-refractivity contribution in [2.45, 2.75) is 0 Å². The molecule has 2 N–H and O–H groups in total. The zero-order valence-corrected chi connectivity index (χ0v) is 9.78. The monoisotopic (exact) mass is 249 g/mol. The number of aromatic hydroxyl groups is 1. The lowest BCUT2D eigenvalue weighted by Crippen LogP contribution is -2.13. The zero-order valence-electron chi connectivity index (χ0n) is 9.78. The van der Waals surface area contributed by atoms with Gasteiger partial charge in [0.1, 0.15) is 11.5 Å². The average Bonchev–Trinajstić information content (AvgIpc) is 2.75. The minimum Gasteiger partial charge on any atom is -0.507 e. The van der Waals surface area contributed by atoms with E-state index < -0.39 is 5.91 Å². The molecular formula is C10H11N5O3. The van der Waals surface area contributed by atoms with Gasteiger partial charge in [0.2, 0.25) is 0 Å². The summed E-state index contributed by atoms with van der Waals surface area (Å²) < 4.78 is 4.98. The molecule has 1 amide bonds. The van der Waals surface area contributed by atoms with Crippen molar-refractivity contribution in [1.29, 1.82) is 0 Å². The van der Waals surface area contributed by atoms with Crippen LogP contribution in [0, 0.1) is 0 Å². The average molecular weight is 249 g/mol. The highest BCUT2D eigenvalue weighted by molar-refractivity contribution is 6.05. The number of phenolic OH excluding ortho intramolecular Hbond substituents is 1. The Hall–Kier alpha value is -2.64. The van der Waals surface area contributed by atoms with Crippen molar-refractivity contribution in [3.63, 3.8) is 0 Å². The van der Waals surface area contributed by atoms with Gasteiger partial charge in [-0.2, -0.15) is 4.80 Å². The normalized spacial score (nSPS) is 10.1. The molecule has 0 radical (unpaired) electrons. The molecule has 0 saturated heterocycles. The van der Waals surface area contributed by atoms with E-state index in [0.29, 0.717) is 5.75 Å². The van der Waals surface area contributed by atoms with Crippen LogP contribution < -0.4 is 10.1 Å². The van der Waals surface area contributed by atoms with Crippen LogP contribution in [0.2, 0.25) is 0 Å². The first-order valence-corrected chi connectivity index (χ1v) is 5.02. The summed E-state index contributed by atoms with van der Waals surface area (Å²) in [4.78, 5) is 13.1. The molecule has 0 fully saturated rings. The number of methoxy groups -OCH3 is 1. The highest BCUT2D eigenvalue weighted by Gasteiger charge is 2.14. The number of carbonyl (C=O) groups excluding carboxylic acids is 1. The molecule has 2 rings (SSSR count). The molecule has 1 aromatic heterocycles. The molecule has 0 atom stereocenters. The zero-order chi connectivity index (χ0) is 13.1. The van der Waals surface area contributed by atoms with Crippen LogP contribution in [0.1, 0.15) is 10.4 Å². The molecule has 0 aliphatic heterocycles. The van der Waals surface area contributed by atoms with Crippen molar-refractivity contribution in [3.05, 3.63) is 23.8 Å². The minimum absolute atomic E-state index is 0.0599. The lowest BCUT2D eigenvalue weighted by molar-refractivity contribution is 0.102. The van der Waals surface area contributed by atoms with E-state index in [9.17, 15) is 9.90 Å². The second-order valence-electron chi connectivity index (χ2n) is 3.44. The van der Waals surface area contributed by atoms with Crippen molar-refractivity contribution in [3.8, 4) is 11.5 Å². The van der Waals surface area contributed by atoms with Gasteiger partial charge in [-0.05, 0) is 23.4 Å². The quantitative estimate of drug-likeness (QED) is 0.804. The van der Waals surface area contributed by atoms with E-state index in [-0.39, 0.29) is 17.3 Å². The molecule has 1 heterocycles. The number of amides is 1. The fourth-order valence-electron chi connectivity index (χ4n) is 1.33. The first-order chi connectivity index (χ1) is 8.60. The number of benzene rings is 1. The third kappa shape index (κ3) is 2.37. The van der Waals surface area contributed by atoms with Crippen molar-refractivity contribution in [2.24, 2.45) is 7.05 Å². The highest BCUT2D eigenvalue weighted by atomic mass is 16.5. The standard InChI is InChI=1S/C10H11N5O3/c1-15-13-10(12-14-15)11-9(17)7-5-6(18-2)3-4-8(7)16/h3-5,16H,1-2H3,(H,11,13,17). The molecule has 2 aromatic rings. The molecule has 0 bridgehead atoms. The van der Waals surface area contributed by atoms with Gasteiger partial charge in [-0.25, -0.2) is 0 Å². The van der Waals surface area contributed by atoms with Crippen molar-refractivity contribution < 1.29 is 14.6 Å². The van der Waals surface area contributed by atoms with Gasteiger partial charge >= 0.3 is 0 Å². The van der Waals surface area contributed by atoms with Crippen LogP contribution in [0.4, 0.5) is 5.95 Å². The topological polar surface area (TPSA) is 102 Å². The van der Waals surface area contributed by atoms with E-state index in [0.717, 1.165) is 0 Å². The SMILES string of the molecule is COc1ccc(O)c(C(=O)Nc2nnn(C)n2)c1. The molecule has 0 aliphatic carbocycles. The number of aromatic nitrogens is 4. The summed E-state index contributed by atoms with van der Waals surface area (Å²) in [6.07, 6.45) is 0. The molecule has 18 heavy (non-hydrogen) atoms. The third-order valence-electron chi connectivity index (χ3n) is 2.18. The van der Waals surface area contributed by atoms with E-state index >= 15 is 0 Å². The van der Waals surface area contributed by atoms with Crippen LogP contribution in [0.15, 0.2) is 18.2 Å². The molecule has 8 heteroatoms. The molecule has 0 aliphatic rings. The Morgan fingerprint density at radius 1 is 1.50 bits per heavy atom. The van der Waals surface area contributed by atoms with Crippen LogP contribution in [0.3, 0.4) is 0 Å². The predicted octanol–water partition coefficient (Wildman–Crippen LogP) is 0.177. The van der Waals surface area contributed by atoms with Crippen LogP contribution in [0.5, 0.6) is 11.5 Å². The molecule has 8 nitrogen and oxygen atoms in total. The number of ether oxygens (including phenoxy) is 1. The third-order valence-corrected chi connectivity index (χ3v) is 2.18. The number of rotatable bonds is 3. The highest BCUT2D eigenvalue weighted by Crippen LogP contribution is 2.23. The van der Waals surface area contributed by atoms with E-state index in [1.54, 1.807) is 13.1 Å². The Bertz CT molecular complexity index is 581. The van der Waals surface area contributed by atoms with Crippen LogP contribution in [-0.2, 0) is 7.05 Å². The number of hydrogen-bond donors (Lipinski definition) is 2. The molecule has 0 unspecified atom stereocenters. The number of phenols is 1. The van der Waals surface area contributed by atoms with Gasteiger partial charge in [0.05, 0.1) is 19.7 Å². The maximum Gasteiger partial charge on any atom is 0.270 e. The lowest BCUT2D eigenvalue weighted by atomic mass is 10.2. The Labute approximate surface area is 102 Å². The number of carbonyl (C=O) groups is 1. The second-order valence-corrected chi connectivity index (χ2v) is 3.44. The summed E-state index contributed by atoms with van der Waals surface area (Å²) in [5, 5.41) is 23.0. The van der Waals surface area contributed by atoms with Gasteiger partial charge in [0.15, 0.2) is 0 Å². The summed E-state index contributed by atoms with van der Waals surface area (Å²) in [7, 11) is 3.05. The summed E-state index contributed by atoms with van der Waals surface area (Å²) >= 11 is 0. The molecule has 0 saturated carbocycles. The Kier molecular flexibility index (Phi) is 3.09. The Balaban J connectivity index is 2.23. The van der Waals surface area contributed by atoms with Crippen LogP contribution in [0.25, 0.3) is 0 Å². The smallest absolute Gasteiger partial charge is 0.270 e. The number of anilines is 1. The number of nitrogens with zero attached hydrogens (tertiary/aromatic N) is 4. The fourth-order valence-corrected chi connectivity index (χ4v) is 1.33. The Morgan fingerprint density at radius 3 is 2.89 bits per heavy atom. The predicted molar refractivity (Wildman–Crippen MR) is 61.4 cm³/mol. The number of aryl methyl sites for hydroxylation is 1. The largest absolute Gasteiger partial charge is 0.507 e. The van der Waals surface area contributed by atoms with E-state index in [4.69, 9.17) is 4.74 Å². The van der Waals surface area contributed by atoms with E-state index in [1.165, 1.54) is 24.0 Å². The molecule has 1 aromatic carbocycles.